The summed E-state index contributed by atoms with van der Waals surface area (Å²) in [5.74, 6) is 0. The van der Waals surface area contributed by atoms with Crippen LogP contribution in [0.15, 0.2) is 54.6 Å². The molecule has 100 valence electrons. The minimum atomic E-state index is 0.581. The Bertz CT molecular complexity index is 490. The maximum Gasteiger partial charge on any atom is 0.0186 e. The molecule has 0 aromatic heterocycles. The molecule has 0 N–H and O–H groups in total. The fraction of sp³-hybridized carbons (Fsp3) is 0.333. The van der Waals surface area contributed by atoms with Gasteiger partial charge >= 0.3 is 0 Å². The smallest absolute Gasteiger partial charge is 0.0186 e. The summed E-state index contributed by atoms with van der Waals surface area (Å²) in [5.41, 5.74) is 4.22. The lowest BCUT2D eigenvalue weighted by molar-refractivity contribution is 0.700. The predicted molar refractivity (Wildman–Crippen MR) is 87.0 cm³/mol. The average molecular weight is 317 g/mol. The number of benzene rings is 2. The Hall–Kier alpha value is -1.08. The third kappa shape index (κ3) is 5.20. The molecule has 0 bridgehead atoms. The van der Waals surface area contributed by atoms with Crippen molar-refractivity contribution in [2.24, 2.45) is 0 Å². The van der Waals surface area contributed by atoms with E-state index in [0.29, 0.717) is 4.83 Å². The van der Waals surface area contributed by atoms with Crippen molar-refractivity contribution >= 4 is 15.9 Å². The van der Waals surface area contributed by atoms with Gasteiger partial charge in [0.05, 0.1) is 0 Å². The summed E-state index contributed by atoms with van der Waals surface area (Å²) in [6.45, 7) is 2.15. The first-order valence-electron chi connectivity index (χ1n) is 6.97. The molecule has 0 saturated heterocycles. The summed E-state index contributed by atoms with van der Waals surface area (Å²) >= 11 is 3.81. The Kier molecular flexibility index (Phi) is 5.65. The van der Waals surface area contributed by atoms with Crippen LogP contribution in [0.2, 0.25) is 0 Å². The Morgan fingerprint density at radius 1 is 0.947 bits per heavy atom. The van der Waals surface area contributed by atoms with Crippen LogP contribution in [-0.4, -0.2) is 4.83 Å². The number of alkyl halides is 1. The lowest BCUT2D eigenvalue weighted by Gasteiger charge is -2.10. The van der Waals surface area contributed by atoms with Crippen molar-refractivity contribution in [1.29, 1.82) is 0 Å². The van der Waals surface area contributed by atoms with E-state index in [9.17, 15) is 0 Å². The predicted octanol–water partition coefficient (Wildman–Crippen LogP) is 5.32. The fourth-order valence-corrected chi connectivity index (χ4v) is 3.07. The highest BCUT2D eigenvalue weighted by Gasteiger charge is 2.05. The van der Waals surface area contributed by atoms with E-state index in [1.54, 1.807) is 0 Å². The molecule has 0 aliphatic heterocycles. The lowest BCUT2D eigenvalue weighted by Crippen LogP contribution is -2.03. The summed E-state index contributed by atoms with van der Waals surface area (Å²) < 4.78 is 0. The van der Waals surface area contributed by atoms with Crippen molar-refractivity contribution in [3.05, 3.63) is 71.3 Å². The molecule has 1 unspecified atom stereocenters. The SMILES string of the molecule is Cc1cccc(CC(Br)CCCc2ccccc2)c1. The monoisotopic (exact) mass is 316 g/mol. The van der Waals surface area contributed by atoms with E-state index >= 15 is 0 Å². The lowest BCUT2D eigenvalue weighted by atomic mass is 10.0. The second-order valence-corrected chi connectivity index (χ2v) is 6.46. The number of rotatable bonds is 6. The van der Waals surface area contributed by atoms with Crippen molar-refractivity contribution in [2.45, 2.75) is 37.4 Å². The minimum absolute atomic E-state index is 0.581. The van der Waals surface area contributed by atoms with Gasteiger partial charge in [-0.25, -0.2) is 0 Å². The minimum Gasteiger partial charge on any atom is -0.0887 e. The molecule has 0 aliphatic carbocycles. The molecule has 0 spiro atoms. The van der Waals surface area contributed by atoms with Crippen molar-refractivity contribution < 1.29 is 0 Å². The Morgan fingerprint density at radius 3 is 2.42 bits per heavy atom. The van der Waals surface area contributed by atoms with Crippen LogP contribution in [-0.2, 0) is 12.8 Å². The van der Waals surface area contributed by atoms with Gasteiger partial charge in [0, 0.05) is 4.83 Å². The number of aryl methyl sites for hydroxylation is 2. The van der Waals surface area contributed by atoms with Crippen molar-refractivity contribution in [3.8, 4) is 0 Å². The van der Waals surface area contributed by atoms with Gasteiger partial charge in [-0.1, -0.05) is 76.1 Å². The van der Waals surface area contributed by atoms with E-state index in [0.717, 1.165) is 6.42 Å². The fourth-order valence-electron chi connectivity index (χ4n) is 2.37. The highest BCUT2D eigenvalue weighted by Crippen LogP contribution is 2.17. The number of hydrogen-bond donors (Lipinski definition) is 0. The van der Waals surface area contributed by atoms with E-state index in [1.165, 1.54) is 36.0 Å². The molecule has 0 radical (unpaired) electrons. The topological polar surface area (TPSA) is 0 Å². The molecule has 2 aromatic rings. The third-order valence-corrected chi connectivity index (χ3v) is 4.15. The van der Waals surface area contributed by atoms with Crippen LogP contribution in [0.5, 0.6) is 0 Å². The van der Waals surface area contributed by atoms with Crippen molar-refractivity contribution in [1.82, 2.24) is 0 Å². The van der Waals surface area contributed by atoms with Crippen LogP contribution in [0.25, 0.3) is 0 Å². The molecular weight excluding hydrogens is 296 g/mol. The largest absolute Gasteiger partial charge is 0.0887 e. The molecule has 0 fully saturated rings. The van der Waals surface area contributed by atoms with E-state index in [2.05, 4.69) is 77.5 Å². The first kappa shape index (κ1) is 14.3. The van der Waals surface area contributed by atoms with Crippen LogP contribution in [0, 0.1) is 6.92 Å². The van der Waals surface area contributed by atoms with Gasteiger partial charge in [0.2, 0.25) is 0 Å². The summed E-state index contributed by atoms with van der Waals surface area (Å²) in [6.07, 6.45) is 4.77. The molecule has 0 heterocycles. The van der Waals surface area contributed by atoms with E-state index in [-0.39, 0.29) is 0 Å². The van der Waals surface area contributed by atoms with Gasteiger partial charge < -0.3 is 0 Å². The summed E-state index contributed by atoms with van der Waals surface area (Å²) in [6, 6.07) is 19.5. The highest BCUT2D eigenvalue weighted by atomic mass is 79.9. The standard InChI is InChI=1S/C18H21Br/c1-15-7-5-11-17(13-15)14-18(19)12-6-10-16-8-3-2-4-9-16/h2-5,7-9,11,13,18H,6,10,12,14H2,1H3. The van der Waals surface area contributed by atoms with Gasteiger partial charge in [-0.15, -0.1) is 0 Å². The molecule has 19 heavy (non-hydrogen) atoms. The Balaban J connectivity index is 1.74. The van der Waals surface area contributed by atoms with E-state index in [4.69, 9.17) is 0 Å². The van der Waals surface area contributed by atoms with Gasteiger partial charge in [-0.3, -0.25) is 0 Å². The zero-order valence-electron chi connectivity index (χ0n) is 11.5. The quantitative estimate of drug-likeness (QED) is 0.632. The van der Waals surface area contributed by atoms with Gasteiger partial charge in [-0.05, 0) is 43.7 Å². The highest BCUT2D eigenvalue weighted by molar-refractivity contribution is 9.09. The number of hydrogen-bond acceptors (Lipinski definition) is 0. The first-order chi connectivity index (χ1) is 9.24. The zero-order valence-corrected chi connectivity index (χ0v) is 13.1. The summed E-state index contributed by atoms with van der Waals surface area (Å²) in [7, 11) is 0. The molecular formula is C18H21Br. The second-order valence-electron chi connectivity index (χ2n) is 5.17. The third-order valence-electron chi connectivity index (χ3n) is 3.37. The van der Waals surface area contributed by atoms with Crippen LogP contribution in [0.4, 0.5) is 0 Å². The Labute approximate surface area is 125 Å². The van der Waals surface area contributed by atoms with Crippen molar-refractivity contribution in [3.63, 3.8) is 0 Å². The van der Waals surface area contributed by atoms with E-state index < -0.39 is 0 Å². The van der Waals surface area contributed by atoms with Crippen molar-refractivity contribution in [2.75, 3.05) is 0 Å². The van der Waals surface area contributed by atoms with Gasteiger partial charge in [0.15, 0.2) is 0 Å². The Morgan fingerprint density at radius 2 is 1.68 bits per heavy atom. The molecule has 1 atom stereocenters. The van der Waals surface area contributed by atoms with Crippen LogP contribution < -0.4 is 0 Å². The zero-order chi connectivity index (χ0) is 13.5. The van der Waals surface area contributed by atoms with Gasteiger partial charge in [0.25, 0.3) is 0 Å². The number of halogens is 1. The molecule has 2 aromatic carbocycles. The maximum absolute atomic E-state index is 3.81. The van der Waals surface area contributed by atoms with Crippen LogP contribution >= 0.6 is 15.9 Å². The molecule has 0 aliphatic rings. The van der Waals surface area contributed by atoms with Gasteiger partial charge in [0.1, 0.15) is 0 Å². The summed E-state index contributed by atoms with van der Waals surface area (Å²) in [5, 5.41) is 0. The second kappa shape index (κ2) is 7.49. The van der Waals surface area contributed by atoms with Crippen LogP contribution in [0.3, 0.4) is 0 Å². The molecule has 2 rings (SSSR count). The maximum atomic E-state index is 3.81. The average Bonchev–Trinajstić information content (AvgIpc) is 2.40. The molecule has 0 saturated carbocycles. The first-order valence-corrected chi connectivity index (χ1v) is 7.89. The summed E-state index contributed by atoms with van der Waals surface area (Å²) in [4.78, 5) is 0.581. The van der Waals surface area contributed by atoms with E-state index in [1.807, 2.05) is 0 Å². The normalized spacial score (nSPS) is 12.3. The van der Waals surface area contributed by atoms with Crippen LogP contribution in [0.1, 0.15) is 29.5 Å². The van der Waals surface area contributed by atoms with Gasteiger partial charge in [-0.2, -0.15) is 0 Å². The molecule has 0 nitrogen and oxygen atoms in total. The molecule has 0 amide bonds. The molecule has 1 heteroatoms.